The molecule has 12 heteroatoms. The number of hydrogen-bond acceptors (Lipinski definition) is 7. The van der Waals surface area contributed by atoms with Crippen LogP contribution < -0.4 is 9.62 Å². The van der Waals surface area contributed by atoms with E-state index < -0.39 is 14.9 Å². The summed E-state index contributed by atoms with van der Waals surface area (Å²) in [6.45, 7) is 1.63. The van der Waals surface area contributed by atoms with Crippen LogP contribution >= 0.6 is 0 Å². The first kappa shape index (κ1) is 19.8. The summed E-state index contributed by atoms with van der Waals surface area (Å²) in [6.07, 6.45) is 2.73. The van der Waals surface area contributed by atoms with Gasteiger partial charge in [0.05, 0.1) is 17.8 Å². The monoisotopic (exact) mass is 408 g/mol. The molecule has 0 atom stereocenters. The van der Waals surface area contributed by atoms with E-state index in [-0.39, 0.29) is 23.2 Å². The summed E-state index contributed by atoms with van der Waals surface area (Å²) in [5.41, 5.74) is 0.867. The van der Waals surface area contributed by atoms with Crippen LogP contribution in [0.5, 0.6) is 0 Å². The van der Waals surface area contributed by atoms with Crippen molar-refractivity contribution < 1.29 is 18.1 Å². The van der Waals surface area contributed by atoms with Gasteiger partial charge in [0.15, 0.2) is 5.03 Å². The molecule has 0 unspecified atom stereocenters. The fourth-order valence-electron chi connectivity index (χ4n) is 2.87. The Bertz CT molecular complexity index is 964. The Balaban J connectivity index is 1.51. The van der Waals surface area contributed by atoms with Gasteiger partial charge in [-0.25, -0.2) is 18.1 Å². The van der Waals surface area contributed by atoms with E-state index in [1.165, 1.54) is 29.2 Å². The van der Waals surface area contributed by atoms with Crippen molar-refractivity contribution in [2.45, 2.75) is 5.03 Å². The number of imidazole rings is 1. The molecular weight excluding hydrogens is 388 g/mol. The molecule has 0 saturated carbocycles. The van der Waals surface area contributed by atoms with Crippen molar-refractivity contribution in [3.05, 3.63) is 46.9 Å². The molecule has 28 heavy (non-hydrogen) atoms. The number of nitrogens with zero attached hydrogens (tertiary/aromatic N) is 5. The second-order valence-corrected chi connectivity index (χ2v) is 8.06. The van der Waals surface area contributed by atoms with Gasteiger partial charge in [-0.2, -0.15) is 0 Å². The number of non-ortho nitro benzene ring substituents is 1. The van der Waals surface area contributed by atoms with Gasteiger partial charge in [-0.15, -0.1) is 0 Å². The summed E-state index contributed by atoms with van der Waals surface area (Å²) in [4.78, 5) is 30.0. The number of benzene rings is 1. The van der Waals surface area contributed by atoms with Gasteiger partial charge in [0.2, 0.25) is 5.91 Å². The Hall–Kier alpha value is -2.99. The SMILES string of the molecule is Cn1cnc(S(=O)(=O)NCC(=O)N2CCN(c3ccc([N+](=O)[O-])cc3)CC2)c1. The number of nitrogens with one attached hydrogen (secondary N) is 1. The summed E-state index contributed by atoms with van der Waals surface area (Å²) in [5, 5.41) is 10.6. The number of piperazine rings is 1. The number of rotatable bonds is 6. The summed E-state index contributed by atoms with van der Waals surface area (Å²) in [5.74, 6) is -0.317. The molecule has 1 aromatic heterocycles. The topological polar surface area (TPSA) is 131 Å². The fraction of sp³-hybridized carbons (Fsp3) is 0.375. The highest BCUT2D eigenvalue weighted by molar-refractivity contribution is 7.89. The predicted molar refractivity (Wildman–Crippen MR) is 100 cm³/mol. The molecule has 0 bridgehead atoms. The highest BCUT2D eigenvalue weighted by atomic mass is 32.2. The number of carbonyl (C=O) groups is 1. The zero-order valence-corrected chi connectivity index (χ0v) is 16.0. The maximum atomic E-state index is 12.3. The van der Waals surface area contributed by atoms with Crippen LogP contribution in [0.2, 0.25) is 0 Å². The van der Waals surface area contributed by atoms with Gasteiger partial charge in [0.25, 0.3) is 15.7 Å². The van der Waals surface area contributed by atoms with Crippen LogP contribution in [0.3, 0.4) is 0 Å². The first-order valence-corrected chi connectivity index (χ1v) is 9.99. The molecular formula is C16H20N6O5S. The van der Waals surface area contributed by atoms with E-state index in [2.05, 4.69) is 9.71 Å². The molecule has 1 amide bonds. The number of hydrogen-bond donors (Lipinski definition) is 1. The molecule has 0 aliphatic carbocycles. The molecule has 2 aromatic rings. The summed E-state index contributed by atoms with van der Waals surface area (Å²) < 4.78 is 28.0. The first-order valence-electron chi connectivity index (χ1n) is 8.51. The number of carbonyl (C=O) groups excluding carboxylic acids is 1. The molecule has 11 nitrogen and oxygen atoms in total. The van der Waals surface area contributed by atoms with E-state index in [0.717, 1.165) is 5.69 Å². The minimum Gasteiger partial charge on any atom is -0.368 e. The van der Waals surface area contributed by atoms with Gasteiger partial charge in [-0.05, 0) is 12.1 Å². The van der Waals surface area contributed by atoms with Gasteiger partial charge >= 0.3 is 0 Å². The maximum Gasteiger partial charge on any atom is 0.269 e. The average molecular weight is 408 g/mol. The lowest BCUT2D eigenvalue weighted by Gasteiger charge is -2.36. The van der Waals surface area contributed by atoms with Crippen molar-refractivity contribution in [1.82, 2.24) is 19.2 Å². The summed E-state index contributed by atoms with van der Waals surface area (Å²) in [6, 6.07) is 6.24. The van der Waals surface area contributed by atoms with Crippen LogP contribution in [0.1, 0.15) is 0 Å². The number of nitro groups is 1. The highest BCUT2D eigenvalue weighted by Crippen LogP contribution is 2.20. The second kappa shape index (κ2) is 7.94. The van der Waals surface area contributed by atoms with Crippen LogP contribution in [-0.4, -0.2) is 66.4 Å². The molecule has 1 aromatic carbocycles. The standard InChI is InChI=1S/C16H20N6O5S/c1-19-11-15(17-12-19)28(26,27)18-10-16(23)21-8-6-20(7-9-21)13-2-4-14(5-3-13)22(24)25/h2-5,11-12,18H,6-10H2,1H3. The van der Waals surface area contributed by atoms with Gasteiger partial charge in [-0.1, -0.05) is 0 Å². The van der Waals surface area contributed by atoms with Gasteiger partial charge in [0.1, 0.15) is 0 Å². The number of aromatic nitrogens is 2. The molecule has 1 saturated heterocycles. The summed E-state index contributed by atoms with van der Waals surface area (Å²) >= 11 is 0. The zero-order valence-electron chi connectivity index (χ0n) is 15.2. The lowest BCUT2D eigenvalue weighted by Crippen LogP contribution is -2.51. The quantitative estimate of drug-likeness (QED) is 0.524. The lowest BCUT2D eigenvalue weighted by molar-refractivity contribution is -0.384. The minimum atomic E-state index is -3.83. The van der Waals surface area contributed by atoms with E-state index in [1.807, 2.05) is 4.90 Å². The third-order valence-corrected chi connectivity index (χ3v) is 5.71. The largest absolute Gasteiger partial charge is 0.368 e. The molecule has 0 radical (unpaired) electrons. The molecule has 1 aliphatic heterocycles. The third-order valence-electron chi connectivity index (χ3n) is 4.43. The third kappa shape index (κ3) is 4.46. The highest BCUT2D eigenvalue weighted by Gasteiger charge is 2.24. The lowest BCUT2D eigenvalue weighted by atomic mass is 10.2. The van der Waals surface area contributed by atoms with Gasteiger partial charge < -0.3 is 14.4 Å². The van der Waals surface area contributed by atoms with Crippen molar-refractivity contribution in [2.24, 2.45) is 7.05 Å². The Morgan fingerprint density at radius 1 is 1.21 bits per heavy atom. The van der Waals surface area contributed by atoms with Crippen LogP contribution in [0.4, 0.5) is 11.4 Å². The second-order valence-electron chi connectivity index (χ2n) is 6.34. The molecule has 150 valence electrons. The van der Waals surface area contributed by atoms with E-state index in [1.54, 1.807) is 24.1 Å². The Morgan fingerprint density at radius 3 is 2.39 bits per heavy atom. The Labute approximate surface area is 161 Å². The van der Waals surface area contributed by atoms with Gasteiger partial charge in [0, 0.05) is 57.2 Å². The van der Waals surface area contributed by atoms with Crippen molar-refractivity contribution in [3.63, 3.8) is 0 Å². The van der Waals surface area contributed by atoms with Crippen LogP contribution in [0.25, 0.3) is 0 Å². The number of aryl methyl sites for hydroxylation is 1. The van der Waals surface area contributed by atoms with E-state index in [9.17, 15) is 23.3 Å². The van der Waals surface area contributed by atoms with Crippen molar-refractivity contribution in [3.8, 4) is 0 Å². The zero-order chi connectivity index (χ0) is 20.3. The van der Waals surface area contributed by atoms with Crippen LogP contribution in [0.15, 0.2) is 41.8 Å². The van der Waals surface area contributed by atoms with Crippen molar-refractivity contribution in [2.75, 3.05) is 37.6 Å². The molecule has 1 fully saturated rings. The number of nitro benzene ring substituents is 1. The van der Waals surface area contributed by atoms with Crippen LogP contribution in [0, 0.1) is 10.1 Å². The summed E-state index contributed by atoms with van der Waals surface area (Å²) in [7, 11) is -2.18. The van der Waals surface area contributed by atoms with E-state index in [4.69, 9.17) is 0 Å². The molecule has 3 rings (SSSR count). The minimum absolute atomic E-state index is 0.0257. The Kier molecular flexibility index (Phi) is 5.61. The fourth-order valence-corrected chi connectivity index (χ4v) is 3.82. The maximum absolute atomic E-state index is 12.3. The molecule has 2 heterocycles. The predicted octanol–water partition coefficient (Wildman–Crippen LogP) is -0.0446. The van der Waals surface area contributed by atoms with E-state index >= 15 is 0 Å². The first-order chi connectivity index (χ1) is 13.3. The smallest absolute Gasteiger partial charge is 0.269 e. The number of sulfonamides is 1. The normalized spacial score (nSPS) is 14.9. The molecule has 1 aliphatic rings. The Morgan fingerprint density at radius 2 is 1.86 bits per heavy atom. The number of anilines is 1. The average Bonchev–Trinajstić information content (AvgIpc) is 3.14. The van der Waals surface area contributed by atoms with Crippen LogP contribution in [-0.2, 0) is 21.9 Å². The van der Waals surface area contributed by atoms with Crippen molar-refractivity contribution in [1.29, 1.82) is 0 Å². The molecule has 0 spiro atoms. The van der Waals surface area contributed by atoms with E-state index in [0.29, 0.717) is 26.2 Å². The molecule has 1 N–H and O–H groups in total. The van der Waals surface area contributed by atoms with Crippen molar-refractivity contribution >= 4 is 27.3 Å². The van der Waals surface area contributed by atoms with Gasteiger partial charge in [-0.3, -0.25) is 14.9 Å². The number of amides is 1.